The summed E-state index contributed by atoms with van der Waals surface area (Å²) in [5.74, 6) is 0.760. The van der Waals surface area contributed by atoms with Crippen molar-refractivity contribution in [1.29, 1.82) is 0 Å². The zero-order chi connectivity index (χ0) is 16.0. The Morgan fingerprint density at radius 2 is 2.17 bits per heavy atom. The predicted octanol–water partition coefficient (Wildman–Crippen LogP) is 1.69. The maximum Gasteiger partial charge on any atom is 0.320 e. The van der Waals surface area contributed by atoms with Crippen LogP contribution in [0.15, 0.2) is 24.3 Å². The minimum Gasteiger partial charge on any atom is -0.390 e. The molecule has 2 atom stereocenters. The summed E-state index contributed by atoms with van der Waals surface area (Å²) < 4.78 is 1.72. The van der Waals surface area contributed by atoms with E-state index in [-0.39, 0.29) is 12.1 Å². The molecular weight excluding hydrogens is 292 g/mol. The van der Waals surface area contributed by atoms with E-state index < -0.39 is 6.10 Å². The molecular formula is C17H20N4O2. The SMILES string of the molecule is Cn1nc2c(c1NC(=O)N[C@@H]1c3ccccc3C[C@@H]1O)CCC2. The smallest absolute Gasteiger partial charge is 0.320 e. The van der Waals surface area contributed by atoms with Gasteiger partial charge in [-0.25, -0.2) is 4.79 Å². The molecule has 2 aliphatic carbocycles. The lowest BCUT2D eigenvalue weighted by Crippen LogP contribution is -2.37. The van der Waals surface area contributed by atoms with Crippen LogP contribution in [-0.4, -0.2) is 27.0 Å². The zero-order valence-corrected chi connectivity index (χ0v) is 13.0. The van der Waals surface area contributed by atoms with Crippen molar-refractivity contribution < 1.29 is 9.90 Å². The lowest BCUT2D eigenvalue weighted by Gasteiger charge is -2.18. The second kappa shape index (κ2) is 5.38. The van der Waals surface area contributed by atoms with Gasteiger partial charge in [-0.05, 0) is 30.4 Å². The van der Waals surface area contributed by atoms with Gasteiger partial charge in [-0.15, -0.1) is 0 Å². The minimum atomic E-state index is -0.588. The summed E-state index contributed by atoms with van der Waals surface area (Å²) in [5.41, 5.74) is 4.29. The number of hydrogen-bond donors (Lipinski definition) is 3. The Morgan fingerprint density at radius 1 is 1.35 bits per heavy atom. The van der Waals surface area contributed by atoms with Gasteiger partial charge >= 0.3 is 6.03 Å². The first kappa shape index (κ1) is 14.3. The molecule has 23 heavy (non-hydrogen) atoms. The molecule has 0 spiro atoms. The highest BCUT2D eigenvalue weighted by atomic mass is 16.3. The molecule has 6 heteroatoms. The van der Waals surface area contributed by atoms with Crippen LogP contribution in [0.3, 0.4) is 0 Å². The third kappa shape index (κ3) is 2.39. The molecule has 0 bridgehead atoms. The summed E-state index contributed by atoms with van der Waals surface area (Å²) in [6.07, 6.45) is 3.00. The third-order valence-electron chi connectivity index (χ3n) is 4.79. The number of aliphatic hydroxyl groups excluding tert-OH is 1. The molecule has 2 amide bonds. The van der Waals surface area contributed by atoms with Crippen molar-refractivity contribution in [1.82, 2.24) is 15.1 Å². The Balaban J connectivity index is 1.51. The summed E-state index contributed by atoms with van der Waals surface area (Å²) in [6, 6.07) is 7.16. The van der Waals surface area contributed by atoms with Gasteiger partial charge in [-0.2, -0.15) is 5.10 Å². The molecule has 120 valence electrons. The number of carbonyl (C=O) groups is 1. The average molecular weight is 312 g/mol. The van der Waals surface area contributed by atoms with Gasteiger partial charge in [0.2, 0.25) is 0 Å². The van der Waals surface area contributed by atoms with Crippen LogP contribution in [0.2, 0.25) is 0 Å². The number of rotatable bonds is 2. The van der Waals surface area contributed by atoms with E-state index >= 15 is 0 Å². The van der Waals surface area contributed by atoms with E-state index in [1.807, 2.05) is 31.3 Å². The first-order valence-electron chi connectivity index (χ1n) is 8.01. The Labute approximate surface area is 134 Å². The number of hydrogen-bond acceptors (Lipinski definition) is 3. The molecule has 1 aromatic carbocycles. The largest absolute Gasteiger partial charge is 0.390 e. The van der Waals surface area contributed by atoms with Crippen LogP contribution >= 0.6 is 0 Å². The van der Waals surface area contributed by atoms with Crippen LogP contribution in [0.1, 0.15) is 34.8 Å². The fourth-order valence-corrected chi connectivity index (χ4v) is 3.71. The molecule has 0 saturated heterocycles. The number of benzene rings is 1. The molecule has 3 N–H and O–H groups in total. The van der Waals surface area contributed by atoms with Gasteiger partial charge in [-0.3, -0.25) is 10.00 Å². The zero-order valence-electron chi connectivity index (χ0n) is 13.0. The minimum absolute atomic E-state index is 0.302. The van der Waals surface area contributed by atoms with Gasteiger partial charge in [0.25, 0.3) is 0 Å². The maximum absolute atomic E-state index is 12.4. The van der Waals surface area contributed by atoms with Crippen molar-refractivity contribution in [2.24, 2.45) is 7.05 Å². The Morgan fingerprint density at radius 3 is 3.04 bits per heavy atom. The number of amides is 2. The molecule has 0 saturated carbocycles. The Hall–Kier alpha value is -2.34. The topological polar surface area (TPSA) is 79.2 Å². The fraction of sp³-hybridized carbons (Fsp3) is 0.412. The second-order valence-corrected chi connectivity index (χ2v) is 6.30. The number of fused-ring (bicyclic) bond motifs is 2. The summed E-state index contributed by atoms with van der Waals surface area (Å²) in [4.78, 5) is 12.4. The number of carbonyl (C=O) groups excluding carboxylic acids is 1. The summed E-state index contributed by atoms with van der Waals surface area (Å²) in [5, 5.41) is 20.5. The van der Waals surface area contributed by atoms with Crippen molar-refractivity contribution in [3.8, 4) is 0 Å². The molecule has 0 unspecified atom stereocenters. The van der Waals surface area contributed by atoms with Gasteiger partial charge < -0.3 is 10.4 Å². The number of nitrogens with zero attached hydrogens (tertiary/aromatic N) is 2. The van der Waals surface area contributed by atoms with E-state index in [0.717, 1.165) is 47.5 Å². The number of urea groups is 1. The quantitative estimate of drug-likeness (QED) is 0.789. The summed E-state index contributed by atoms with van der Waals surface area (Å²) >= 11 is 0. The second-order valence-electron chi connectivity index (χ2n) is 6.30. The van der Waals surface area contributed by atoms with Crippen molar-refractivity contribution >= 4 is 11.8 Å². The third-order valence-corrected chi connectivity index (χ3v) is 4.79. The molecule has 0 aliphatic heterocycles. The average Bonchev–Trinajstić information content (AvgIpc) is 3.17. The monoisotopic (exact) mass is 312 g/mol. The highest BCUT2D eigenvalue weighted by Crippen LogP contribution is 2.32. The first-order valence-corrected chi connectivity index (χ1v) is 8.01. The molecule has 4 rings (SSSR count). The number of aliphatic hydroxyl groups is 1. The number of aryl methyl sites for hydroxylation is 2. The highest BCUT2D eigenvalue weighted by Gasteiger charge is 2.32. The molecule has 1 heterocycles. The van der Waals surface area contributed by atoms with Crippen LogP contribution in [0.5, 0.6) is 0 Å². The van der Waals surface area contributed by atoms with E-state index in [2.05, 4.69) is 15.7 Å². The van der Waals surface area contributed by atoms with Crippen LogP contribution in [-0.2, 0) is 26.3 Å². The summed E-state index contributed by atoms with van der Waals surface area (Å²) in [7, 11) is 1.84. The van der Waals surface area contributed by atoms with Crippen molar-refractivity contribution in [2.45, 2.75) is 37.8 Å². The van der Waals surface area contributed by atoms with Crippen LogP contribution in [0.4, 0.5) is 10.6 Å². The lowest BCUT2D eigenvalue weighted by atomic mass is 10.1. The molecule has 1 aromatic heterocycles. The van der Waals surface area contributed by atoms with E-state index in [1.54, 1.807) is 4.68 Å². The number of anilines is 1. The molecule has 2 aliphatic rings. The predicted molar refractivity (Wildman–Crippen MR) is 86.3 cm³/mol. The number of nitrogens with one attached hydrogen (secondary N) is 2. The molecule has 0 radical (unpaired) electrons. The van der Waals surface area contributed by atoms with Crippen molar-refractivity contribution in [2.75, 3.05) is 5.32 Å². The van der Waals surface area contributed by atoms with Gasteiger partial charge in [0, 0.05) is 19.0 Å². The standard InChI is InChI=1S/C17H20N4O2/c1-21-16(12-7-4-8-13(12)20-21)19-17(23)18-15-11-6-3-2-5-10(11)9-14(15)22/h2-3,5-6,14-15,22H,4,7-9H2,1H3,(H2,18,19,23)/t14-,15+/m0/s1. The van der Waals surface area contributed by atoms with E-state index in [1.165, 1.54) is 0 Å². The molecule has 2 aromatic rings. The first-order chi connectivity index (χ1) is 11.1. The lowest BCUT2D eigenvalue weighted by molar-refractivity contribution is 0.144. The van der Waals surface area contributed by atoms with Gasteiger partial charge in [0.05, 0.1) is 17.8 Å². The van der Waals surface area contributed by atoms with Crippen LogP contribution < -0.4 is 10.6 Å². The van der Waals surface area contributed by atoms with Crippen LogP contribution in [0.25, 0.3) is 0 Å². The summed E-state index contributed by atoms with van der Waals surface area (Å²) in [6.45, 7) is 0. The number of aromatic nitrogens is 2. The fourth-order valence-electron chi connectivity index (χ4n) is 3.71. The van der Waals surface area contributed by atoms with Crippen molar-refractivity contribution in [3.63, 3.8) is 0 Å². The van der Waals surface area contributed by atoms with Crippen LogP contribution in [0, 0.1) is 0 Å². The molecule has 6 nitrogen and oxygen atoms in total. The normalized spacial score (nSPS) is 21.8. The molecule has 0 fully saturated rings. The van der Waals surface area contributed by atoms with Gasteiger partial charge in [-0.1, -0.05) is 24.3 Å². The van der Waals surface area contributed by atoms with Gasteiger partial charge in [0.15, 0.2) is 0 Å². The van der Waals surface area contributed by atoms with E-state index in [0.29, 0.717) is 6.42 Å². The van der Waals surface area contributed by atoms with E-state index in [9.17, 15) is 9.90 Å². The van der Waals surface area contributed by atoms with Gasteiger partial charge in [0.1, 0.15) is 5.82 Å². The highest BCUT2D eigenvalue weighted by molar-refractivity contribution is 5.89. The van der Waals surface area contributed by atoms with Crippen molar-refractivity contribution in [3.05, 3.63) is 46.6 Å². The Kier molecular flexibility index (Phi) is 3.34. The Bertz CT molecular complexity index is 768. The maximum atomic E-state index is 12.4. The van der Waals surface area contributed by atoms with E-state index in [4.69, 9.17) is 0 Å².